The molecule has 3 aliphatic heterocycles. The Hall–Kier alpha value is -6.94. The molecule has 4 aromatic carbocycles. The zero-order chi connectivity index (χ0) is 48.4. The van der Waals surface area contributed by atoms with E-state index in [2.05, 4.69) is 72.6 Å². The molecule has 0 unspecified atom stereocenters. The van der Waals surface area contributed by atoms with Crippen LogP contribution >= 0.6 is 0 Å². The summed E-state index contributed by atoms with van der Waals surface area (Å²) in [5.74, 6) is 2.51. The van der Waals surface area contributed by atoms with E-state index in [-0.39, 0.29) is 35.6 Å². The molecular formula is C52H62N8O8. The molecule has 0 bridgehead atoms. The number of nitrogens with one attached hydrogen (secondary N) is 4. The number of likely N-dealkylation sites (tertiary alicyclic amines) is 2. The van der Waals surface area contributed by atoms with Gasteiger partial charge in [0, 0.05) is 37.1 Å². The number of carbonyl (C=O) groups excluding carboxylic acids is 3. The number of alkyl carbamates (subject to hydrolysis) is 1. The summed E-state index contributed by atoms with van der Waals surface area (Å²) < 4.78 is 16.7. The van der Waals surface area contributed by atoms with E-state index in [9.17, 15) is 24.3 Å². The van der Waals surface area contributed by atoms with E-state index < -0.39 is 30.3 Å². The van der Waals surface area contributed by atoms with Crippen LogP contribution in [0.4, 0.5) is 9.59 Å². The van der Waals surface area contributed by atoms with Crippen LogP contribution < -0.4 is 15.4 Å². The second-order valence-electron chi connectivity index (χ2n) is 19.3. The second kappa shape index (κ2) is 20.1. The highest BCUT2D eigenvalue weighted by molar-refractivity contribution is 6.07. The van der Waals surface area contributed by atoms with Crippen LogP contribution in [0.3, 0.4) is 0 Å². The molecule has 0 aliphatic carbocycles. The van der Waals surface area contributed by atoms with Crippen molar-refractivity contribution in [1.82, 2.24) is 40.4 Å². The number of rotatable bonds is 11. The van der Waals surface area contributed by atoms with Crippen LogP contribution in [0.15, 0.2) is 79.0 Å². The zero-order valence-electron chi connectivity index (χ0n) is 40.0. The largest absolute Gasteiger partial charge is 0.488 e. The number of nitrogens with zero attached hydrogens (tertiary/aromatic N) is 4. The number of H-pyrrole nitrogens is 2. The predicted octanol–water partition coefficient (Wildman–Crippen LogP) is 9.16. The van der Waals surface area contributed by atoms with Crippen LogP contribution in [0.5, 0.6) is 5.75 Å². The lowest BCUT2D eigenvalue weighted by molar-refractivity contribution is -0.136. The Morgan fingerprint density at radius 3 is 2.29 bits per heavy atom. The van der Waals surface area contributed by atoms with E-state index in [0.29, 0.717) is 49.9 Å². The lowest BCUT2D eigenvalue weighted by Crippen LogP contribution is -2.51. The second-order valence-corrected chi connectivity index (χ2v) is 19.3. The standard InChI is InChI=1S/C48H52N8O8.C4H10/c1-25(2)40(54-48(61)63-5)45(57)55-21-26(3)15-37(55)44-50-35-14-12-29-18-34-32-13-11-30(17-31(32)24-64-39(34)19-33(29)42(35)52-44)36-20-49-43(51-36)38-16-27(23-62-4)22-56(38)46(58)41(53-47(59)60)28-9-7-6-8-10-28;1-4(2)3/h6-14,17-20,25-27,37-38,40-41,53H,15-16,21-24H2,1-5H3,(H,49,51)(H,50,52)(H,54,61)(H,59,60);4H,1-3H3/t26-,27-,37-,38-,40-,41+;/m0./s1. The SMILES string of the molecule is CC(C)C.COC[C@H]1C[C@@H](c2ncc(-c3ccc4c(c3)COc3cc5c(ccc6[nH]c([C@@H]7C[C@H](C)CN7C(=O)[C@@H](NC(=O)OC)C(C)C)nc65)cc3-4)[nH]2)N(C(=O)[C@H](NC(=O)O)c2ccccc2)C1. The number of ether oxygens (including phenoxy) is 3. The fourth-order valence-electron chi connectivity index (χ4n) is 9.72. The van der Waals surface area contributed by atoms with E-state index in [0.717, 1.165) is 67.8 Å². The van der Waals surface area contributed by atoms with Crippen LogP contribution in [0.1, 0.15) is 95.3 Å². The van der Waals surface area contributed by atoms with Crippen LogP contribution in [0.25, 0.3) is 44.2 Å². The van der Waals surface area contributed by atoms with Crippen molar-refractivity contribution in [2.24, 2.45) is 23.7 Å². The number of carbonyl (C=O) groups is 4. The van der Waals surface area contributed by atoms with Gasteiger partial charge in [-0.3, -0.25) is 9.59 Å². The first-order valence-corrected chi connectivity index (χ1v) is 23.4. The van der Waals surface area contributed by atoms with Crippen molar-refractivity contribution in [2.45, 2.75) is 85.2 Å². The van der Waals surface area contributed by atoms with Crippen molar-refractivity contribution < 1.29 is 38.5 Å². The van der Waals surface area contributed by atoms with Crippen LogP contribution in [-0.4, -0.2) is 98.8 Å². The van der Waals surface area contributed by atoms with Gasteiger partial charge in [0.05, 0.1) is 48.7 Å². The molecule has 5 heterocycles. The fourth-order valence-corrected chi connectivity index (χ4v) is 9.72. The molecule has 16 nitrogen and oxygen atoms in total. The number of imidazole rings is 2. The number of hydrogen-bond donors (Lipinski definition) is 5. The summed E-state index contributed by atoms with van der Waals surface area (Å²) in [6.07, 6.45) is 1.18. The topological polar surface area (TPSA) is 204 Å². The maximum atomic E-state index is 14.1. The Morgan fingerprint density at radius 1 is 0.853 bits per heavy atom. The van der Waals surface area contributed by atoms with Crippen molar-refractivity contribution in [1.29, 1.82) is 0 Å². The van der Waals surface area contributed by atoms with Gasteiger partial charge >= 0.3 is 12.2 Å². The summed E-state index contributed by atoms with van der Waals surface area (Å²) in [5, 5.41) is 16.7. The lowest BCUT2D eigenvalue weighted by Gasteiger charge is -2.30. The summed E-state index contributed by atoms with van der Waals surface area (Å²) in [6.45, 7) is 14.2. The average Bonchev–Trinajstić information content (AvgIpc) is 4.15. The minimum absolute atomic E-state index is 0.0370. The molecule has 6 aromatic rings. The molecule has 5 N–H and O–H groups in total. The number of aromatic nitrogens is 4. The highest BCUT2D eigenvalue weighted by Crippen LogP contribution is 2.44. The molecule has 2 aromatic heterocycles. The molecule has 16 heteroatoms. The highest BCUT2D eigenvalue weighted by atomic mass is 16.5. The third kappa shape index (κ3) is 9.87. The Bertz CT molecular complexity index is 2800. The lowest BCUT2D eigenvalue weighted by atomic mass is 9.92. The number of aromatic amines is 2. The van der Waals surface area contributed by atoms with Crippen LogP contribution in [-0.2, 0) is 25.7 Å². The van der Waals surface area contributed by atoms with Crippen molar-refractivity contribution in [2.75, 3.05) is 33.9 Å². The molecule has 68 heavy (non-hydrogen) atoms. The van der Waals surface area contributed by atoms with E-state index >= 15 is 0 Å². The molecule has 2 saturated heterocycles. The van der Waals surface area contributed by atoms with Gasteiger partial charge in [0.25, 0.3) is 5.91 Å². The predicted molar refractivity (Wildman–Crippen MR) is 259 cm³/mol. The van der Waals surface area contributed by atoms with E-state index in [1.165, 1.54) is 7.11 Å². The smallest absolute Gasteiger partial charge is 0.407 e. The van der Waals surface area contributed by atoms with Crippen molar-refractivity contribution in [3.05, 3.63) is 102 Å². The number of hydrogen-bond acceptors (Lipinski definition) is 9. The first-order valence-electron chi connectivity index (χ1n) is 23.4. The van der Waals surface area contributed by atoms with Crippen LogP contribution in [0, 0.1) is 23.7 Å². The Morgan fingerprint density at radius 2 is 1.59 bits per heavy atom. The Labute approximate surface area is 396 Å². The number of methoxy groups -OCH3 is 2. The molecule has 6 atom stereocenters. The van der Waals surface area contributed by atoms with Crippen molar-refractivity contribution in [3.8, 4) is 28.1 Å². The van der Waals surface area contributed by atoms with Gasteiger partial charge in [-0.1, -0.05) is 90.1 Å². The van der Waals surface area contributed by atoms with Gasteiger partial charge in [-0.25, -0.2) is 19.6 Å². The maximum Gasteiger partial charge on any atom is 0.407 e. The molecule has 0 saturated carbocycles. The zero-order valence-corrected chi connectivity index (χ0v) is 40.0. The van der Waals surface area contributed by atoms with Crippen molar-refractivity contribution in [3.63, 3.8) is 0 Å². The summed E-state index contributed by atoms with van der Waals surface area (Å²) in [4.78, 5) is 72.5. The quantitative estimate of drug-likeness (QED) is 0.0834. The van der Waals surface area contributed by atoms with E-state index in [1.807, 2.05) is 43.0 Å². The van der Waals surface area contributed by atoms with Crippen molar-refractivity contribution >= 4 is 45.8 Å². The third-order valence-corrected chi connectivity index (χ3v) is 12.8. The molecule has 4 amide bonds. The number of benzene rings is 4. The van der Waals surface area contributed by atoms with E-state index in [1.54, 1.807) is 42.5 Å². The minimum atomic E-state index is -1.28. The Balaban J connectivity index is 0.00000150. The van der Waals surface area contributed by atoms with Gasteiger partial charge in [0.15, 0.2) is 0 Å². The summed E-state index contributed by atoms with van der Waals surface area (Å²) in [6, 6.07) is 20.8. The average molecular weight is 927 g/mol. The molecule has 2 fully saturated rings. The Kier molecular flexibility index (Phi) is 14.1. The molecule has 0 spiro atoms. The third-order valence-electron chi connectivity index (χ3n) is 12.8. The van der Waals surface area contributed by atoms with E-state index in [4.69, 9.17) is 24.2 Å². The number of amides is 4. The first kappa shape index (κ1) is 47.5. The number of fused-ring (bicyclic) bond motifs is 6. The molecule has 3 aliphatic rings. The maximum absolute atomic E-state index is 14.1. The first-order chi connectivity index (χ1) is 32.6. The van der Waals surface area contributed by atoms with Gasteiger partial charge in [0.1, 0.15) is 36.1 Å². The molecule has 358 valence electrons. The van der Waals surface area contributed by atoms with Crippen LogP contribution in [0.2, 0.25) is 0 Å². The summed E-state index contributed by atoms with van der Waals surface area (Å²) in [5.41, 5.74) is 6.92. The molecule has 0 radical (unpaired) electrons. The highest BCUT2D eigenvalue weighted by Gasteiger charge is 2.42. The monoisotopic (exact) mass is 926 g/mol. The molecular weight excluding hydrogens is 865 g/mol. The van der Waals surface area contributed by atoms with Gasteiger partial charge in [-0.05, 0) is 82.5 Å². The van der Waals surface area contributed by atoms with Gasteiger partial charge < -0.3 is 49.7 Å². The summed E-state index contributed by atoms with van der Waals surface area (Å²) >= 11 is 0. The summed E-state index contributed by atoms with van der Waals surface area (Å²) in [7, 11) is 2.92. The minimum Gasteiger partial charge on any atom is -0.488 e. The molecule has 9 rings (SSSR count). The normalized spacial score (nSPS) is 19.5. The van der Waals surface area contributed by atoms with Gasteiger partial charge in [-0.2, -0.15) is 0 Å². The fraction of sp³-hybridized carbons (Fsp3) is 0.423. The van der Waals surface area contributed by atoms with Gasteiger partial charge in [-0.15, -0.1) is 0 Å². The van der Waals surface area contributed by atoms with Gasteiger partial charge in [0.2, 0.25) is 5.91 Å². The number of carboxylic acid groups (broad SMARTS) is 1.